The van der Waals surface area contributed by atoms with Crippen molar-refractivity contribution in [3.05, 3.63) is 52.0 Å². The number of aromatic nitrogens is 2. The summed E-state index contributed by atoms with van der Waals surface area (Å²) >= 11 is 3.29. The Morgan fingerprint density at radius 2 is 2.31 bits per heavy atom. The number of rotatable bonds is 2. The molecule has 80 valence electrons. The van der Waals surface area contributed by atoms with E-state index >= 15 is 0 Å². The van der Waals surface area contributed by atoms with Gasteiger partial charge in [-0.25, -0.2) is 4.39 Å². The average Bonchev–Trinajstić information content (AvgIpc) is 2.67. The van der Waals surface area contributed by atoms with Crippen LogP contribution >= 0.6 is 15.9 Å². The lowest BCUT2D eigenvalue weighted by Crippen LogP contribution is -2.00. The van der Waals surface area contributed by atoms with E-state index in [9.17, 15) is 4.39 Å². The van der Waals surface area contributed by atoms with Gasteiger partial charge in [0.2, 0.25) is 0 Å². The Morgan fingerprint density at radius 1 is 1.50 bits per heavy atom. The van der Waals surface area contributed by atoms with Gasteiger partial charge in [0.25, 0.3) is 0 Å². The van der Waals surface area contributed by atoms with Gasteiger partial charge in [-0.2, -0.15) is 10.4 Å². The third-order valence-corrected chi connectivity index (χ3v) is 2.51. The molecule has 0 aliphatic carbocycles. The van der Waals surface area contributed by atoms with Crippen LogP contribution in [0.5, 0.6) is 0 Å². The minimum atomic E-state index is -0.493. The van der Waals surface area contributed by atoms with E-state index in [-0.39, 0.29) is 5.56 Å². The number of benzene rings is 1. The molecule has 0 saturated heterocycles. The minimum Gasteiger partial charge on any atom is -0.267 e. The maximum Gasteiger partial charge on any atom is 0.140 e. The molecule has 0 bridgehead atoms. The van der Waals surface area contributed by atoms with Crippen molar-refractivity contribution < 1.29 is 4.39 Å². The lowest BCUT2D eigenvalue weighted by molar-refractivity contribution is 0.620. The summed E-state index contributed by atoms with van der Waals surface area (Å²) in [6.07, 6.45) is 3.49. The topological polar surface area (TPSA) is 41.6 Å². The van der Waals surface area contributed by atoms with Gasteiger partial charge in [0, 0.05) is 6.20 Å². The van der Waals surface area contributed by atoms with Crippen LogP contribution in [0.3, 0.4) is 0 Å². The molecule has 0 unspecified atom stereocenters. The largest absolute Gasteiger partial charge is 0.267 e. The summed E-state index contributed by atoms with van der Waals surface area (Å²) in [4.78, 5) is 0. The van der Waals surface area contributed by atoms with Crippen molar-refractivity contribution in [2.24, 2.45) is 0 Å². The molecule has 0 aliphatic rings. The van der Waals surface area contributed by atoms with Crippen LogP contribution in [0.15, 0.2) is 35.1 Å². The van der Waals surface area contributed by atoms with E-state index in [1.165, 1.54) is 12.1 Å². The molecule has 0 aliphatic heterocycles. The molecule has 0 atom stereocenters. The maximum absolute atomic E-state index is 13.1. The molecular weight excluding hydrogens is 273 g/mol. The van der Waals surface area contributed by atoms with Crippen molar-refractivity contribution in [1.82, 2.24) is 9.78 Å². The molecule has 3 nitrogen and oxygen atoms in total. The number of nitriles is 1. The molecule has 5 heteroatoms. The van der Waals surface area contributed by atoms with E-state index in [1.54, 1.807) is 16.9 Å². The predicted molar refractivity (Wildman–Crippen MR) is 60.1 cm³/mol. The van der Waals surface area contributed by atoms with Gasteiger partial charge >= 0.3 is 0 Å². The molecule has 0 radical (unpaired) electrons. The highest BCUT2D eigenvalue weighted by Gasteiger charge is 2.03. The number of hydrogen-bond acceptors (Lipinski definition) is 2. The van der Waals surface area contributed by atoms with Crippen LogP contribution in [0.2, 0.25) is 0 Å². The van der Waals surface area contributed by atoms with Gasteiger partial charge in [0.15, 0.2) is 0 Å². The summed E-state index contributed by atoms with van der Waals surface area (Å²) in [5.74, 6) is -0.493. The second kappa shape index (κ2) is 4.45. The Balaban J connectivity index is 2.26. The van der Waals surface area contributed by atoms with Gasteiger partial charge in [-0.15, -0.1) is 0 Å². The summed E-state index contributed by atoms with van der Waals surface area (Å²) in [6.45, 7) is 0.514. The molecule has 0 amide bonds. The molecule has 1 aromatic heterocycles. The molecule has 0 N–H and O–H groups in total. The molecule has 0 fully saturated rings. The van der Waals surface area contributed by atoms with Gasteiger partial charge in [0.05, 0.1) is 22.8 Å². The summed E-state index contributed by atoms with van der Waals surface area (Å²) in [5.41, 5.74) is 0.900. The van der Waals surface area contributed by atoms with Crippen LogP contribution in [0.25, 0.3) is 0 Å². The minimum absolute atomic E-state index is 0.0590. The van der Waals surface area contributed by atoms with Crippen LogP contribution < -0.4 is 0 Å². The molecule has 2 aromatic rings. The standard InChI is InChI=1S/C11H7BrFN3/c12-10-5-15-16(7-10)6-8-1-2-11(13)9(3-8)4-14/h1-3,5,7H,6H2. The first-order chi connectivity index (χ1) is 7.69. The zero-order valence-corrected chi connectivity index (χ0v) is 9.78. The van der Waals surface area contributed by atoms with Crippen molar-refractivity contribution in [1.29, 1.82) is 5.26 Å². The van der Waals surface area contributed by atoms with Gasteiger partial charge < -0.3 is 0 Å². The number of hydrogen-bond donors (Lipinski definition) is 0. The second-order valence-corrected chi connectivity index (χ2v) is 4.20. The van der Waals surface area contributed by atoms with Crippen molar-refractivity contribution in [2.45, 2.75) is 6.54 Å². The summed E-state index contributed by atoms with van der Waals surface area (Å²) in [7, 11) is 0. The first kappa shape index (κ1) is 10.8. The highest BCUT2D eigenvalue weighted by molar-refractivity contribution is 9.10. The van der Waals surface area contributed by atoms with Gasteiger partial charge in [-0.3, -0.25) is 4.68 Å². The maximum atomic E-state index is 13.1. The Bertz CT molecular complexity index is 557. The fourth-order valence-electron chi connectivity index (χ4n) is 1.37. The lowest BCUT2D eigenvalue weighted by Gasteiger charge is -2.02. The Kier molecular flexibility index (Phi) is 3.02. The van der Waals surface area contributed by atoms with Gasteiger partial charge in [-0.05, 0) is 33.6 Å². The highest BCUT2D eigenvalue weighted by atomic mass is 79.9. The molecular formula is C11H7BrFN3. The van der Waals surface area contributed by atoms with Crippen molar-refractivity contribution in [3.8, 4) is 6.07 Å². The number of halogens is 2. The third-order valence-electron chi connectivity index (χ3n) is 2.10. The molecule has 2 rings (SSSR count). The van der Waals surface area contributed by atoms with Crippen LogP contribution in [0.4, 0.5) is 4.39 Å². The van der Waals surface area contributed by atoms with Crippen molar-refractivity contribution in [2.75, 3.05) is 0 Å². The first-order valence-corrected chi connectivity index (χ1v) is 5.35. The van der Waals surface area contributed by atoms with Gasteiger partial charge in [0.1, 0.15) is 11.9 Å². The van der Waals surface area contributed by atoms with Crippen molar-refractivity contribution in [3.63, 3.8) is 0 Å². The lowest BCUT2D eigenvalue weighted by atomic mass is 10.1. The quantitative estimate of drug-likeness (QED) is 0.848. The smallest absolute Gasteiger partial charge is 0.140 e. The van der Waals surface area contributed by atoms with E-state index in [2.05, 4.69) is 21.0 Å². The van der Waals surface area contributed by atoms with Crippen LogP contribution in [-0.2, 0) is 6.54 Å². The Labute approximate surface area is 100 Å². The van der Waals surface area contributed by atoms with E-state index in [1.807, 2.05) is 12.3 Å². The third kappa shape index (κ3) is 2.28. The summed E-state index contributed by atoms with van der Waals surface area (Å²) in [6, 6.07) is 6.29. The van der Waals surface area contributed by atoms with Crippen molar-refractivity contribution >= 4 is 15.9 Å². The van der Waals surface area contributed by atoms with Crippen LogP contribution in [-0.4, -0.2) is 9.78 Å². The van der Waals surface area contributed by atoms with Gasteiger partial charge in [-0.1, -0.05) is 6.07 Å². The Morgan fingerprint density at radius 3 is 2.94 bits per heavy atom. The van der Waals surface area contributed by atoms with E-state index in [0.29, 0.717) is 6.54 Å². The monoisotopic (exact) mass is 279 g/mol. The SMILES string of the molecule is N#Cc1cc(Cn2cc(Br)cn2)ccc1F. The van der Waals surface area contributed by atoms with E-state index in [0.717, 1.165) is 10.0 Å². The first-order valence-electron chi connectivity index (χ1n) is 4.55. The van der Waals surface area contributed by atoms with E-state index in [4.69, 9.17) is 5.26 Å². The van der Waals surface area contributed by atoms with E-state index < -0.39 is 5.82 Å². The zero-order chi connectivity index (χ0) is 11.5. The fourth-order valence-corrected chi connectivity index (χ4v) is 1.70. The molecule has 0 saturated carbocycles. The molecule has 0 spiro atoms. The Hall–Kier alpha value is -1.67. The summed E-state index contributed by atoms with van der Waals surface area (Å²) in [5, 5.41) is 12.8. The molecule has 1 aromatic carbocycles. The normalized spacial score (nSPS) is 10.1. The fraction of sp³-hybridized carbons (Fsp3) is 0.0909. The highest BCUT2D eigenvalue weighted by Crippen LogP contribution is 2.12. The molecule has 16 heavy (non-hydrogen) atoms. The van der Waals surface area contributed by atoms with Crippen LogP contribution in [0, 0.1) is 17.1 Å². The van der Waals surface area contributed by atoms with Crippen LogP contribution in [0.1, 0.15) is 11.1 Å². The molecule has 1 heterocycles. The zero-order valence-electron chi connectivity index (χ0n) is 8.19. The second-order valence-electron chi connectivity index (χ2n) is 3.28. The average molecular weight is 280 g/mol. The number of nitrogens with zero attached hydrogens (tertiary/aromatic N) is 3. The predicted octanol–water partition coefficient (Wildman–Crippen LogP) is 2.70. The summed E-state index contributed by atoms with van der Waals surface area (Å²) < 4.78 is 15.7.